The number of nitrogen functional groups attached to an aromatic ring is 1. The molecule has 4 aromatic rings. The van der Waals surface area contributed by atoms with Gasteiger partial charge in [0.1, 0.15) is 5.69 Å². The minimum absolute atomic E-state index is 0.208. The van der Waals surface area contributed by atoms with Crippen molar-refractivity contribution < 1.29 is 4.79 Å². The number of benzene rings is 1. The number of thiophene rings is 1. The van der Waals surface area contributed by atoms with Crippen molar-refractivity contribution in [2.24, 2.45) is 5.41 Å². The Balaban J connectivity index is 1.80. The van der Waals surface area contributed by atoms with Gasteiger partial charge in [-0.05, 0) is 42.0 Å². The third kappa shape index (κ3) is 4.97. The van der Waals surface area contributed by atoms with E-state index in [0.717, 1.165) is 10.4 Å². The number of pyridine rings is 1. The summed E-state index contributed by atoms with van der Waals surface area (Å²) in [5.41, 5.74) is 8.01. The Morgan fingerprint density at radius 2 is 1.79 bits per heavy atom. The molecule has 0 aliphatic heterocycles. The second-order valence-electron chi connectivity index (χ2n) is 9.04. The second-order valence-corrected chi connectivity index (χ2v) is 11.3. The molecule has 0 aliphatic carbocycles. The van der Waals surface area contributed by atoms with Crippen molar-refractivity contribution >= 4 is 46.1 Å². The summed E-state index contributed by atoms with van der Waals surface area (Å²) in [6, 6.07) is 14.5. The van der Waals surface area contributed by atoms with Crippen LogP contribution in [0.5, 0.6) is 0 Å². The lowest BCUT2D eigenvalue weighted by Gasteiger charge is -2.17. The molecule has 0 saturated carbocycles. The highest BCUT2D eigenvalue weighted by Gasteiger charge is 2.30. The normalized spacial score (nSPS) is 11.7. The van der Waals surface area contributed by atoms with E-state index in [9.17, 15) is 9.59 Å². The molecule has 0 unspecified atom stereocenters. The zero-order chi connectivity index (χ0) is 24.6. The van der Waals surface area contributed by atoms with Crippen LogP contribution in [0, 0.1) is 5.41 Å². The van der Waals surface area contributed by atoms with Gasteiger partial charge in [-0.2, -0.15) is 5.10 Å². The van der Waals surface area contributed by atoms with Gasteiger partial charge in [0.15, 0.2) is 0 Å². The first kappa shape index (κ1) is 24.3. The Kier molecular flexibility index (Phi) is 6.71. The van der Waals surface area contributed by atoms with Gasteiger partial charge >= 0.3 is 0 Å². The molecular formula is C25H24Cl2N4O2S. The molecular weight excluding hydrogens is 491 g/mol. The van der Waals surface area contributed by atoms with E-state index in [1.165, 1.54) is 16.0 Å². The Hall–Kier alpha value is -2.87. The number of anilines is 1. The second kappa shape index (κ2) is 9.41. The van der Waals surface area contributed by atoms with Crippen molar-refractivity contribution in [1.29, 1.82) is 0 Å². The molecule has 3 heterocycles. The van der Waals surface area contributed by atoms with Crippen molar-refractivity contribution in [3.8, 4) is 11.3 Å². The topological polar surface area (TPSA) is 82.9 Å². The number of nitrogens with two attached hydrogens (primary N) is 1. The molecule has 0 fully saturated rings. The van der Waals surface area contributed by atoms with Gasteiger partial charge in [-0.3, -0.25) is 9.59 Å². The Labute approximate surface area is 211 Å². The van der Waals surface area contributed by atoms with Crippen molar-refractivity contribution in [3.63, 3.8) is 0 Å². The molecule has 0 amide bonds. The average molecular weight is 515 g/mol. The first-order valence-corrected chi connectivity index (χ1v) is 12.2. The molecule has 0 saturated heterocycles. The molecule has 9 heteroatoms. The molecule has 176 valence electrons. The molecule has 0 bridgehead atoms. The zero-order valence-corrected chi connectivity index (χ0v) is 21.3. The number of carbonyl (C=O) groups is 1. The minimum atomic E-state index is -0.691. The third-order valence-corrected chi connectivity index (χ3v) is 6.85. The van der Waals surface area contributed by atoms with Crippen LogP contribution in [0.3, 0.4) is 0 Å². The number of carbonyl (C=O) groups excluding carboxylic acids is 1. The fraction of sp³-hybridized carbons (Fsp3) is 0.240. The van der Waals surface area contributed by atoms with Gasteiger partial charge in [-0.15, -0.1) is 11.3 Å². The lowest BCUT2D eigenvalue weighted by molar-refractivity contribution is 0.0745. The predicted octanol–water partition coefficient (Wildman–Crippen LogP) is 5.99. The van der Waals surface area contributed by atoms with Gasteiger partial charge in [0.2, 0.25) is 0 Å². The first-order valence-electron chi connectivity index (χ1n) is 10.7. The molecule has 1 aromatic carbocycles. The van der Waals surface area contributed by atoms with Crippen molar-refractivity contribution in [3.05, 3.63) is 90.6 Å². The maximum Gasteiger partial charge on any atom is 0.260 e. The number of halogens is 2. The van der Waals surface area contributed by atoms with E-state index in [2.05, 4.69) is 5.10 Å². The summed E-state index contributed by atoms with van der Waals surface area (Å²) in [5.74, 6) is -0.208. The summed E-state index contributed by atoms with van der Waals surface area (Å²) in [4.78, 5) is 27.5. The summed E-state index contributed by atoms with van der Waals surface area (Å²) in [5, 5.41) is 5.18. The number of hydrogen-bond acceptors (Lipinski definition) is 5. The Morgan fingerprint density at radius 1 is 1.09 bits per heavy atom. The monoisotopic (exact) mass is 514 g/mol. The van der Waals surface area contributed by atoms with Gasteiger partial charge in [0.05, 0.1) is 27.8 Å². The summed E-state index contributed by atoms with van der Waals surface area (Å²) in [6.07, 6.45) is 2.09. The number of nitrogens with zero attached hydrogens (tertiary/aromatic N) is 3. The molecule has 0 aliphatic rings. The lowest BCUT2D eigenvalue weighted by Crippen LogP contribution is -2.29. The van der Waals surface area contributed by atoms with Crippen LogP contribution >= 0.6 is 34.5 Å². The minimum Gasteiger partial charge on any atom is -0.395 e. The SMILES string of the molecule is CC(C)(C)C(=O)n1nc(-c2cccn(Cc3ccc(Cl)cc3)c2=O)c(N)c1Cc1ccc(Cl)s1. The van der Waals surface area contributed by atoms with E-state index < -0.39 is 5.41 Å². The quantitative estimate of drug-likeness (QED) is 0.354. The van der Waals surface area contributed by atoms with E-state index in [4.69, 9.17) is 28.9 Å². The summed E-state index contributed by atoms with van der Waals surface area (Å²) in [6.45, 7) is 5.83. The highest BCUT2D eigenvalue weighted by Crippen LogP contribution is 2.32. The third-order valence-electron chi connectivity index (χ3n) is 5.37. The first-order chi connectivity index (χ1) is 16.0. The zero-order valence-electron chi connectivity index (χ0n) is 19.0. The van der Waals surface area contributed by atoms with Gasteiger partial charge in [0, 0.05) is 27.9 Å². The van der Waals surface area contributed by atoms with Gasteiger partial charge in [-0.25, -0.2) is 4.68 Å². The van der Waals surface area contributed by atoms with Crippen molar-refractivity contribution in [2.45, 2.75) is 33.7 Å². The number of aromatic nitrogens is 3. The molecule has 2 N–H and O–H groups in total. The molecule has 34 heavy (non-hydrogen) atoms. The fourth-order valence-corrected chi connectivity index (χ4v) is 4.78. The van der Waals surface area contributed by atoms with Crippen LogP contribution in [-0.4, -0.2) is 20.3 Å². The van der Waals surface area contributed by atoms with Crippen LogP contribution in [0.1, 0.15) is 41.7 Å². The maximum absolute atomic E-state index is 13.4. The highest BCUT2D eigenvalue weighted by molar-refractivity contribution is 7.16. The molecule has 0 radical (unpaired) electrons. The van der Waals surface area contributed by atoms with E-state index in [-0.39, 0.29) is 11.5 Å². The summed E-state index contributed by atoms with van der Waals surface area (Å²) < 4.78 is 3.57. The number of rotatable bonds is 5. The molecule has 4 rings (SSSR count). The van der Waals surface area contributed by atoms with Crippen LogP contribution in [0.25, 0.3) is 11.3 Å². The standard InChI is InChI=1S/C25H24Cl2N4O2S/c1-25(2,3)24(33)31-19(13-17-10-11-20(27)34-17)21(28)22(29-31)18-5-4-12-30(23(18)32)14-15-6-8-16(26)9-7-15/h4-12H,13-14,28H2,1-3H3. The number of hydrogen-bond donors (Lipinski definition) is 1. The smallest absolute Gasteiger partial charge is 0.260 e. The van der Waals surface area contributed by atoms with E-state index in [1.807, 2.05) is 39.0 Å². The summed E-state index contributed by atoms with van der Waals surface area (Å²) in [7, 11) is 0. The van der Waals surface area contributed by atoms with Gasteiger partial charge in [0.25, 0.3) is 11.5 Å². The van der Waals surface area contributed by atoms with Gasteiger partial charge < -0.3 is 10.3 Å². The van der Waals surface area contributed by atoms with Crippen molar-refractivity contribution in [2.75, 3.05) is 5.73 Å². The van der Waals surface area contributed by atoms with E-state index >= 15 is 0 Å². The van der Waals surface area contributed by atoms with Crippen LogP contribution in [0.15, 0.2) is 59.5 Å². The van der Waals surface area contributed by atoms with Crippen LogP contribution in [-0.2, 0) is 13.0 Å². The highest BCUT2D eigenvalue weighted by atomic mass is 35.5. The molecule has 0 spiro atoms. The van der Waals surface area contributed by atoms with Crippen LogP contribution in [0.2, 0.25) is 9.36 Å². The van der Waals surface area contributed by atoms with E-state index in [0.29, 0.717) is 45.0 Å². The summed E-state index contributed by atoms with van der Waals surface area (Å²) >= 11 is 13.5. The molecule has 3 aromatic heterocycles. The molecule has 6 nitrogen and oxygen atoms in total. The van der Waals surface area contributed by atoms with Crippen LogP contribution < -0.4 is 11.3 Å². The lowest BCUT2D eigenvalue weighted by atomic mass is 9.95. The fourth-order valence-electron chi connectivity index (χ4n) is 3.56. The Morgan fingerprint density at radius 3 is 2.41 bits per heavy atom. The largest absolute Gasteiger partial charge is 0.395 e. The van der Waals surface area contributed by atoms with Gasteiger partial charge in [-0.1, -0.05) is 56.1 Å². The predicted molar refractivity (Wildman–Crippen MR) is 139 cm³/mol. The maximum atomic E-state index is 13.4. The van der Waals surface area contributed by atoms with E-state index in [1.54, 1.807) is 41.1 Å². The van der Waals surface area contributed by atoms with Crippen molar-refractivity contribution in [1.82, 2.24) is 14.3 Å². The average Bonchev–Trinajstić information content (AvgIpc) is 3.33. The Bertz CT molecular complexity index is 1410. The van der Waals surface area contributed by atoms with Crippen LogP contribution in [0.4, 0.5) is 5.69 Å². The molecule has 0 atom stereocenters.